The summed E-state index contributed by atoms with van der Waals surface area (Å²) in [5.74, 6) is 2.43. The second kappa shape index (κ2) is 10.4. The number of hydrogen-bond acceptors (Lipinski definition) is 3. The van der Waals surface area contributed by atoms with Gasteiger partial charge in [-0.1, -0.05) is 32.0 Å². The zero-order chi connectivity index (χ0) is 18.9. The Balaban J connectivity index is 1.64. The molecule has 1 fully saturated rings. The van der Waals surface area contributed by atoms with Crippen LogP contribution in [0.15, 0.2) is 24.3 Å². The van der Waals surface area contributed by atoms with E-state index in [1.54, 1.807) is 7.11 Å². The van der Waals surface area contributed by atoms with Crippen molar-refractivity contribution in [1.29, 1.82) is 0 Å². The molecule has 0 saturated carbocycles. The molecule has 1 aromatic rings. The molecule has 0 bridgehead atoms. The predicted octanol–water partition coefficient (Wildman–Crippen LogP) is 3.29. The molecule has 1 aliphatic heterocycles. The molecule has 2 rings (SSSR count). The van der Waals surface area contributed by atoms with Crippen molar-refractivity contribution in [3.8, 4) is 5.75 Å². The number of piperidine rings is 1. The van der Waals surface area contributed by atoms with Crippen LogP contribution in [0.5, 0.6) is 5.75 Å². The molecular formula is C21H35N3O2. The van der Waals surface area contributed by atoms with Gasteiger partial charge in [0.2, 0.25) is 0 Å². The average Bonchev–Trinajstić information content (AvgIpc) is 2.58. The lowest BCUT2D eigenvalue weighted by Gasteiger charge is -2.34. The zero-order valence-electron chi connectivity index (χ0n) is 16.8. The molecule has 5 heteroatoms. The number of hydrogen-bond donors (Lipinski definition) is 2. The zero-order valence-corrected chi connectivity index (χ0v) is 16.8. The Morgan fingerprint density at radius 2 is 1.96 bits per heavy atom. The number of carbonyl (C=O) groups is 1. The standard InChI is InChI=1S/C21H35N3O2/c1-16-12-17(2)15-24(14-16)11-7-10-22-21(25)23-18(3)13-19-8-5-6-9-20(19)26-4/h5-6,8-9,16-18H,7,10-15H2,1-4H3,(H2,22,23,25)/t16-,17-,18-/m0/s1. The smallest absolute Gasteiger partial charge is 0.315 e. The van der Waals surface area contributed by atoms with Gasteiger partial charge in [0.15, 0.2) is 0 Å². The Bertz CT molecular complexity index is 554. The first-order valence-corrected chi connectivity index (χ1v) is 9.86. The molecule has 2 N–H and O–H groups in total. The topological polar surface area (TPSA) is 53.6 Å². The summed E-state index contributed by atoms with van der Waals surface area (Å²) in [5, 5.41) is 6.00. The third-order valence-electron chi connectivity index (χ3n) is 4.98. The lowest BCUT2D eigenvalue weighted by molar-refractivity contribution is 0.139. The number of nitrogens with one attached hydrogen (secondary N) is 2. The monoisotopic (exact) mass is 361 g/mol. The molecule has 3 atom stereocenters. The van der Waals surface area contributed by atoms with Gasteiger partial charge in [0.05, 0.1) is 7.11 Å². The van der Waals surface area contributed by atoms with Crippen molar-refractivity contribution >= 4 is 6.03 Å². The van der Waals surface area contributed by atoms with E-state index >= 15 is 0 Å². The molecule has 146 valence electrons. The maximum absolute atomic E-state index is 12.1. The molecule has 0 radical (unpaired) electrons. The molecule has 2 amide bonds. The van der Waals surface area contributed by atoms with Gasteiger partial charge in [0, 0.05) is 25.7 Å². The Kier molecular flexibility index (Phi) is 8.23. The highest BCUT2D eigenvalue weighted by Gasteiger charge is 2.21. The van der Waals surface area contributed by atoms with E-state index < -0.39 is 0 Å². The highest BCUT2D eigenvalue weighted by molar-refractivity contribution is 5.74. The molecule has 5 nitrogen and oxygen atoms in total. The number of ether oxygens (including phenoxy) is 1. The molecule has 1 heterocycles. The van der Waals surface area contributed by atoms with Crippen molar-refractivity contribution in [2.75, 3.05) is 33.3 Å². The van der Waals surface area contributed by atoms with Crippen LogP contribution in [0.1, 0.15) is 39.2 Å². The molecular weight excluding hydrogens is 326 g/mol. The van der Waals surface area contributed by atoms with Crippen LogP contribution in [0.25, 0.3) is 0 Å². The van der Waals surface area contributed by atoms with Crippen LogP contribution in [0.2, 0.25) is 0 Å². The van der Waals surface area contributed by atoms with E-state index in [0.717, 1.165) is 42.5 Å². The fourth-order valence-electron chi connectivity index (χ4n) is 4.01. The highest BCUT2D eigenvalue weighted by Crippen LogP contribution is 2.21. The Hall–Kier alpha value is -1.75. The van der Waals surface area contributed by atoms with Gasteiger partial charge in [-0.3, -0.25) is 0 Å². The fraction of sp³-hybridized carbons (Fsp3) is 0.667. The van der Waals surface area contributed by atoms with Gasteiger partial charge in [-0.2, -0.15) is 0 Å². The quantitative estimate of drug-likeness (QED) is 0.699. The van der Waals surface area contributed by atoms with Gasteiger partial charge < -0.3 is 20.3 Å². The van der Waals surface area contributed by atoms with Crippen molar-refractivity contribution in [3.63, 3.8) is 0 Å². The average molecular weight is 362 g/mol. The van der Waals surface area contributed by atoms with Crippen molar-refractivity contribution in [1.82, 2.24) is 15.5 Å². The van der Waals surface area contributed by atoms with Gasteiger partial charge in [0.25, 0.3) is 0 Å². The van der Waals surface area contributed by atoms with Gasteiger partial charge in [-0.05, 0) is 56.2 Å². The van der Waals surface area contributed by atoms with E-state index in [1.165, 1.54) is 19.5 Å². The maximum atomic E-state index is 12.1. The maximum Gasteiger partial charge on any atom is 0.315 e. The highest BCUT2D eigenvalue weighted by atomic mass is 16.5. The summed E-state index contributed by atoms with van der Waals surface area (Å²) >= 11 is 0. The predicted molar refractivity (Wildman–Crippen MR) is 107 cm³/mol. The second-order valence-corrected chi connectivity index (χ2v) is 7.88. The van der Waals surface area contributed by atoms with Gasteiger partial charge in [-0.15, -0.1) is 0 Å². The van der Waals surface area contributed by atoms with Crippen molar-refractivity contribution < 1.29 is 9.53 Å². The summed E-state index contributed by atoms with van der Waals surface area (Å²) in [7, 11) is 1.67. The number of rotatable bonds is 8. The lowest BCUT2D eigenvalue weighted by atomic mass is 9.92. The van der Waals surface area contributed by atoms with Crippen LogP contribution in [-0.4, -0.2) is 50.3 Å². The van der Waals surface area contributed by atoms with Crippen LogP contribution in [-0.2, 0) is 6.42 Å². The first-order chi connectivity index (χ1) is 12.5. The molecule has 1 saturated heterocycles. The molecule has 1 aliphatic rings. The van der Waals surface area contributed by atoms with Crippen molar-refractivity contribution in [2.45, 2.75) is 46.1 Å². The molecule has 26 heavy (non-hydrogen) atoms. The third-order valence-corrected chi connectivity index (χ3v) is 4.98. The van der Waals surface area contributed by atoms with E-state index in [4.69, 9.17) is 4.74 Å². The Morgan fingerprint density at radius 3 is 2.65 bits per heavy atom. The first kappa shape index (κ1) is 20.6. The van der Waals surface area contributed by atoms with Crippen LogP contribution in [0.4, 0.5) is 4.79 Å². The fourth-order valence-corrected chi connectivity index (χ4v) is 4.01. The number of carbonyl (C=O) groups excluding carboxylic acids is 1. The van der Waals surface area contributed by atoms with E-state index in [2.05, 4.69) is 29.4 Å². The summed E-state index contributed by atoms with van der Waals surface area (Å²) < 4.78 is 5.37. The molecule has 0 aromatic heterocycles. The van der Waals surface area contributed by atoms with E-state index in [9.17, 15) is 4.79 Å². The number of para-hydroxylation sites is 1. The van der Waals surface area contributed by atoms with Crippen LogP contribution >= 0.6 is 0 Å². The molecule has 0 unspecified atom stereocenters. The molecule has 1 aromatic carbocycles. The number of methoxy groups -OCH3 is 1. The number of likely N-dealkylation sites (tertiary alicyclic amines) is 1. The number of amides is 2. The van der Waals surface area contributed by atoms with Crippen LogP contribution < -0.4 is 15.4 Å². The SMILES string of the molecule is COc1ccccc1C[C@H](C)NC(=O)NCCCN1C[C@@H](C)C[C@H](C)C1. The van der Waals surface area contributed by atoms with E-state index in [1.807, 2.05) is 31.2 Å². The minimum atomic E-state index is -0.0900. The minimum Gasteiger partial charge on any atom is -0.496 e. The third kappa shape index (κ3) is 6.87. The minimum absolute atomic E-state index is 0.0510. The van der Waals surface area contributed by atoms with Gasteiger partial charge >= 0.3 is 6.03 Å². The largest absolute Gasteiger partial charge is 0.496 e. The first-order valence-electron chi connectivity index (χ1n) is 9.86. The van der Waals surface area contributed by atoms with Crippen LogP contribution in [0, 0.1) is 11.8 Å². The number of nitrogens with zero attached hydrogens (tertiary/aromatic N) is 1. The van der Waals surface area contributed by atoms with Gasteiger partial charge in [0.1, 0.15) is 5.75 Å². The normalized spacial score (nSPS) is 21.8. The van der Waals surface area contributed by atoms with Crippen molar-refractivity contribution in [2.24, 2.45) is 11.8 Å². The molecule has 0 spiro atoms. The van der Waals surface area contributed by atoms with E-state index in [-0.39, 0.29) is 12.1 Å². The van der Waals surface area contributed by atoms with Crippen LogP contribution in [0.3, 0.4) is 0 Å². The number of benzene rings is 1. The Labute approximate surface area is 158 Å². The summed E-state index contributed by atoms with van der Waals surface area (Å²) in [4.78, 5) is 14.6. The Morgan fingerprint density at radius 1 is 1.27 bits per heavy atom. The van der Waals surface area contributed by atoms with E-state index in [0.29, 0.717) is 6.54 Å². The summed E-state index contributed by atoms with van der Waals surface area (Å²) in [5.41, 5.74) is 1.11. The summed E-state index contributed by atoms with van der Waals surface area (Å²) in [6.07, 6.45) is 3.08. The summed E-state index contributed by atoms with van der Waals surface area (Å²) in [6, 6.07) is 7.90. The van der Waals surface area contributed by atoms with Gasteiger partial charge in [-0.25, -0.2) is 4.79 Å². The summed E-state index contributed by atoms with van der Waals surface area (Å²) in [6.45, 7) is 10.8. The second-order valence-electron chi connectivity index (χ2n) is 7.88. The number of urea groups is 1. The van der Waals surface area contributed by atoms with Crippen molar-refractivity contribution in [3.05, 3.63) is 29.8 Å². The lowest BCUT2D eigenvalue weighted by Crippen LogP contribution is -2.43. The molecule has 0 aliphatic carbocycles.